The predicted molar refractivity (Wildman–Crippen MR) is 93.6 cm³/mol. The molecule has 0 spiro atoms. The Kier molecular flexibility index (Phi) is 5.33. The van der Waals surface area contributed by atoms with Gasteiger partial charge >= 0.3 is 0 Å². The molecule has 2 N–H and O–H groups in total. The van der Waals surface area contributed by atoms with E-state index in [1.54, 1.807) is 11.3 Å². The second-order valence-corrected chi connectivity index (χ2v) is 7.83. The monoisotopic (exact) mass is 318 g/mol. The molecule has 1 aromatic carbocycles. The molecular weight excluding hydrogens is 296 g/mol. The van der Waals surface area contributed by atoms with Crippen LogP contribution < -0.4 is 5.73 Å². The Morgan fingerprint density at radius 3 is 2.62 bits per heavy atom. The van der Waals surface area contributed by atoms with Crippen molar-refractivity contribution >= 4 is 23.1 Å². The number of rotatable bonds is 5. The van der Waals surface area contributed by atoms with Crippen LogP contribution in [-0.4, -0.2) is 10.2 Å². The van der Waals surface area contributed by atoms with Gasteiger partial charge in [0.05, 0.1) is 5.69 Å². The summed E-state index contributed by atoms with van der Waals surface area (Å²) in [5, 5.41) is 4.28. The van der Waals surface area contributed by atoms with Crippen LogP contribution >= 0.6 is 23.1 Å². The van der Waals surface area contributed by atoms with E-state index in [0.717, 1.165) is 16.7 Å². The minimum Gasteiger partial charge on any atom is -0.326 e. The van der Waals surface area contributed by atoms with Gasteiger partial charge in [0.2, 0.25) is 0 Å². The predicted octanol–water partition coefficient (Wildman–Crippen LogP) is 4.83. The summed E-state index contributed by atoms with van der Waals surface area (Å²) in [6.45, 7) is 0.598. The lowest BCUT2D eigenvalue weighted by Gasteiger charge is -2.20. The average Bonchev–Trinajstić information content (AvgIpc) is 3.03. The fourth-order valence-corrected chi connectivity index (χ4v) is 4.92. The molecule has 0 bridgehead atoms. The first-order chi connectivity index (χ1) is 10.3. The lowest BCUT2D eigenvalue weighted by atomic mass is 10.0. The Labute approximate surface area is 135 Å². The van der Waals surface area contributed by atoms with Gasteiger partial charge < -0.3 is 5.73 Å². The molecule has 0 amide bonds. The van der Waals surface area contributed by atoms with Crippen LogP contribution in [0.2, 0.25) is 0 Å². The Morgan fingerprint density at radius 2 is 1.90 bits per heavy atom. The van der Waals surface area contributed by atoms with E-state index < -0.39 is 0 Å². The summed E-state index contributed by atoms with van der Waals surface area (Å²) in [6, 6.07) is 8.42. The normalized spacial score (nSPS) is 16.2. The van der Waals surface area contributed by atoms with Crippen molar-refractivity contribution in [3.8, 4) is 11.3 Å². The molecule has 4 heteroatoms. The van der Waals surface area contributed by atoms with Crippen molar-refractivity contribution in [3.63, 3.8) is 0 Å². The standard InChI is InChI=1S/C17H22N2S2/c18-10-13-6-8-14(9-7-13)16-11-21-17(19-16)12-20-15-4-2-1-3-5-15/h6-9,11,15H,1-5,10,12,18H2. The fraction of sp³-hybridized carbons (Fsp3) is 0.471. The maximum absolute atomic E-state index is 5.64. The molecule has 1 aromatic heterocycles. The van der Waals surface area contributed by atoms with Gasteiger partial charge in [0.25, 0.3) is 0 Å². The van der Waals surface area contributed by atoms with Gasteiger partial charge in [-0.3, -0.25) is 0 Å². The number of nitrogens with two attached hydrogens (primary N) is 1. The minimum absolute atomic E-state index is 0.598. The van der Waals surface area contributed by atoms with Crippen molar-refractivity contribution in [1.29, 1.82) is 0 Å². The summed E-state index contributed by atoms with van der Waals surface area (Å²) in [5.74, 6) is 1.07. The molecule has 0 atom stereocenters. The van der Waals surface area contributed by atoms with E-state index in [1.807, 2.05) is 0 Å². The highest BCUT2D eigenvalue weighted by molar-refractivity contribution is 7.99. The van der Waals surface area contributed by atoms with Gasteiger partial charge in [-0.15, -0.1) is 11.3 Å². The molecule has 0 aliphatic heterocycles. The molecule has 0 unspecified atom stereocenters. The average molecular weight is 319 g/mol. The molecule has 1 aliphatic carbocycles. The summed E-state index contributed by atoms with van der Waals surface area (Å²) in [6.07, 6.45) is 7.03. The van der Waals surface area contributed by atoms with Crippen molar-refractivity contribution in [2.24, 2.45) is 5.73 Å². The third-order valence-electron chi connectivity index (χ3n) is 4.03. The highest BCUT2D eigenvalue weighted by atomic mass is 32.2. The molecule has 21 heavy (non-hydrogen) atoms. The Bertz CT molecular complexity index is 556. The summed E-state index contributed by atoms with van der Waals surface area (Å²) in [5.41, 5.74) is 9.10. The van der Waals surface area contributed by atoms with Crippen LogP contribution in [0.25, 0.3) is 11.3 Å². The number of thioether (sulfide) groups is 1. The zero-order valence-electron chi connectivity index (χ0n) is 12.3. The molecule has 0 saturated heterocycles. The molecular formula is C17H22N2S2. The molecule has 1 heterocycles. The lowest BCUT2D eigenvalue weighted by molar-refractivity contribution is 0.516. The minimum atomic E-state index is 0.598. The molecule has 2 nitrogen and oxygen atoms in total. The number of hydrogen-bond donors (Lipinski definition) is 1. The number of thiazole rings is 1. The van der Waals surface area contributed by atoms with Gasteiger partial charge in [-0.25, -0.2) is 4.98 Å². The van der Waals surface area contributed by atoms with Crippen molar-refractivity contribution in [1.82, 2.24) is 4.98 Å². The van der Waals surface area contributed by atoms with Crippen molar-refractivity contribution in [2.45, 2.75) is 49.7 Å². The van der Waals surface area contributed by atoms with Crippen LogP contribution in [0.3, 0.4) is 0 Å². The quantitative estimate of drug-likeness (QED) is 0.857. The third-order valence-corrected chi connectivity index (χ3v) is 6.45. The smallest absolute Gasteiger partial charge is 0.103 e. The molecule has 2 aromatic rings. The fourth-order valence-electron chi connectivity index (χ4n) is 2.74. The van der Waals surface area contributed by atoms with Crippen LogP contribution in [-0.2, 0) is 12.3 Å². The van der Waals surface area contributed by atoms with Crippen LogP contribution in [0.15, 0.2) is 29.6 Å². The number of benzene rings is 1. The van der Waals surface area contributed by atoms with Crippen molar-refractivity contribution in [2.75, 3.05) is 0 Å². The molecule has 0 radical (unpaired) electrons. The molecule has 1 fully saturated rings. The van der Waals surface area contributed by atoms with E-state index in [0.29, 0.717) is 6.54 Å². The van der Waals surface area contributed by atoms with Gasteiger partial charge in [-0.2, -0.15) is 11.8 Å². The SMILES string of the molecule is NCc1ccc(-c2csc(CSC3CCCCC3)n2)cc1. The van der Waals surface area contributed by atoms with Crippen LogP contribution in [0, 0.1) is 0 Å². The zero-order valence-corrected chi connectivity index (χ0v) is 13.9. The zero-order chi connectivity index (χ0) is 14.5. The highest BCUT2D eigenvalue weighted by Gasteiger charge is 2.14. The van der Waals surface area contributed by atoms with Gasteiger partial charge in [0, 0.05) is 28.5 Å². The summed E-state index contributed by atoms with van der Waals surface area (Å²) >= 11 is 3.88. The van der Waals surface area contributed by atoms with Gasteiger partial charge in [0.15, 0.2) is 0 Å². The van der Waals surface area contributed by atoms with E-state index >= 15 is 0 Å². The van der Waals surface area contributed by atoms with Gasteiger partial charge in [-0.1, -0.05) is 43.5 Å². The van der Waals surface area contributed by atoms with Crippen LogP contribution in [0.1, 0.15) is 42.7 Å². The van der Waals surface area contributed by atoms with E-state index in [9.17, 15) is 0 Å². The van der Waals surface area contributed by atoms with Gasteiger partial charge in [0.1, 0.15) is 5.01 Å². The maximum Gasteiger partial charge on any atom is 0.103 e. The van der Waals surface area contributed by atoms with E-state index in [1.165, 1.54) is 48.2 Å². The second-order valence-electron chi connectivity index (χ2n) is 5.60. The molecule has 3 rings (SSSR count). The molecule has 1 aliphatic rings. The van der Waals surface area contributed by atoms with Crippen LogP contribution in [0.5, 0.6) is 0 Å². The maximum atomic E-state index is 5.64. The first-order valence-electron chi connectivity index (χ1n) is 7.70. The van der Waals surface area contributed by atoms with Gasteiger partial charge in [-0.05, 0) is 18.4 Å². The summed E-state index contributed by atoms with van der Waals surface area (Å²) in [7, 11) is 0. The Hall–Kier alpha value is -0.840. The molecule has 112 valence electrons. The number of aromatic nitrogens is 1. The van der Waals surface area contributed by atoms with E-state index in [2.05, 4.69) is 41.4 Å². The third kappa shape index (κ3) is 4.09. The van der Waals surface area contributed by atoms with Crippen molar-refractivity contribution < 1.29 is 0 Å². The first kappa shape index (κ1) is 15.1. The summed E-state index contributed by atoms with van der Waals surface area (Å²) in [4.78, 5) is 4.79. The number of hydrogen-bond acceptors (Lipinski definition) is 4. The van der Waals surface area contributed by atoms with Crippen LogP contribution in [0.4, 0.5) is 0 Å². The first-order valence-corrected chi connectivity index (χ1v) is 9.63. The summed E-state index contributed by atoms with van der Waals surface area (Å²) < 4.78 is 0. The topological polar surface area (TPSA) is 38.9 Å². The largest absolute Gasteiger partial charge is 0.326 e. The highest BCUT2D eigenvalue weighted by Crippen LogP contribution is 2.32. The molecule has 1 saturated carbocycles. The Balaban J connectivity index is 1.59. The van der Waals surface area contributed by atoms with Crippen molar-refractivity contribution in [3.05, 3.63) is 40.2 Å². The van der Waals surface area contributed by atoms with E-state index in [4.69, 9.17) is 10.7 Å². The Morgan fingerprint density at radius 1 is 1.14 bits per heavy atom. The number of nitrogens with zero attached hydrogens (tertiary/aromatic N) is 1. The second kappa shape index (κ2) is 7.43. The lowest BCUT2D eigenvalue weighted by Crippen LogP contribution is -2.08. The van der Waals surface area contributed by atoms with E-state index in [-0.39, 0.29) is 0 Å².